The molecule has 0 aliphatic carbocycles. The molecule has 0 unspecified atom stereocenters. The minimum atomic E-state index is -3.65. The van der Waals surface area contributed by atoms with Crippen LogP contribution < -0.4 is 4.72 Å². The van der Waals surface area contributed by atoms with Gasteiger partial charge in [-0.2, -0.15) is 9.98 Å². The van der Waals surface area contributed by atoms with Crippen LogP contribution >= 0.6 is 27.3 Å². The van der Waals surface area contributed by atoms with Gasteiger partial charge in [-0.25, -0.2) is 8.42 Å². The molecule has 1 aromatic heterocycles. The molecule has 19 heavy (non-hydrogen) atoms. The van der Waals surface area contributed by atoms with Gasteiger partial charge in [0.15, 0.2) is 0 Å². The molecule has 0 aromatic carbocycles. The van der Waals surface area contributed by atoms with E-state index in [9.17, 15) is 13.7 Å². The van der Waals surface area contributed by atoms with E-state index in [4.69, 9.17) is 0 Å². The van der Waals surface area contributed by atoms with Crippen molar-refractivity contribution in [3.05, 3.63) is 15.9 Å². The first-order valence-electron chi connectivity index (χ1n) is 5.75. The normalized spacial score (nSPS) is 20.1. The van der Waals surface area contributed by atoms with E-state index in [1.165, 1.54) is 0 Å². The van der Waals surface area contributed by atoms with Crippen molar-refractivity contribution in [2.75, 3.05) is 20.1 Å². The number of sulfonamides is 1. The Balaban J connectivity index is 2.24. The number of nitrogens with zero attached hydrogens (tertiary/aromatic N) is 2. The molecule has 1 N–H and O–H groups in total. The maximum absolute atomic E-state index is 12.3. The molecule has 1 aliphatic heterocycles. The van der Waals surface area contributed by atoms with Crippen molar-refractivity contribution in [3.63, 3.8) is 0 Å². The number of hydrogen-bond donors (Lipinski definition) is 1. The predicted molar refractivity (Wildman–Crippen MR) is 77.4 cm³/mol. The summed E-state index contributed by atoms with van der Waals surface area (Å²) in [6, 6.07) is 3.84. The number of hydrogen-bond acceptors (Lipinski definition) is 5. The van der Waals surface area contributed by atoms with E-state index in [1.54, 1.807) is 11.4 Å². The smallest absolute Gasteiger partial charge is 0.252 e. The van der Waals surface area contributed by atoms with Crippen LogP contribution in [0.1, 0.15) is 12.8 Å². The van der Waals surface area contributed by atoms with Crippen LogP contribution in [0.25, 0.3) is 0 Å². The van der Waals surface area contributed by atoms with Gasteiger partial charge in [0.1, 0.15) is 9.75 Å². The second kappa shape index (κ2) is 5.50. The number of likely N-dealkylation sites (tertiary alicyclic amines) is 1. The summed E-state index contributed by atoms with van der Waals surface area (Å²) in [6.07, 6.45) is 1.00. The quantitative estimate of drug-likeness (QED) is 0.887. The summed E-state index contributed by atoms with van der Waals surface area (Å²) in [7, 11) is -1.69. The van der Waals surface area contributed by atoms with Crippen molar-refractivity contribution in [1.82, 2.24) is 9.62 Å². The Morgan fingerprint density at radius 2 is 2.16 bits per heavy atom. The number of nitriles is 1. The van der Waals surface area contributed by atoms with Gasteiger partial charge in [-0.3, -0.25) is 0 Å². The average Bonchev–Trinajstić information content (AvgIpc) is 2.79. The second-order valence-corrected chi connectivity index (χ2v) is 8.31. The third-order valence-electron chi connectivity index (χ3n) is 3.21. The lowest BCUT2D eigenvalue weighted by Gasteiger charge is -2.35. The number of piperidine rings is 1. The first-order valence-corrected chi connectivity index (χ1v) is 8.91. The van der Waals surface area contributed by atoms with Crippen LogP contribution in [0.15, 0.2) is 20.1 Å². The maximum atomic E-state index is 12.3. The third kappa shape index (κ3) is 3.17. The molecule has 0 saturated carbocycles. The minimum Gasteiger partial charge on any atom is -0.306 e. The van der Waals surface area contributed by atoms with Gasteiger partial charge in [-0.05, 0) is 47.3 Å². The lowest BCUT2D eigenvalue weighted by atomic mass is 9.91. The highest BCUT2D eigenvalue weighted by molar-refractivity contribution is 9.10. The number of halogens is 1. The summed E-state index contributed by atoms with van der Waals surface area (Å²) in [5.74, 6) is 0. The van der Waals surface area contributed by atoms with Gasteiger partial charge in [-0.1, -0.05) is 0 Å². The standard InChI is InChI=1S/C11H14BrN3O2S2/c1-15-5-3-11(8-13,4-6-15)14-19(16,17)10-9(12)2-7-18-10/h2,7,14H,3-6H2,1H3. The van der Waals surface area contributed by atoms with Crippen LogP contribution in [0.5, 0.6) is 0 Å². The molecule has 1 aromatic rings. The largest absolute Gasteiger partial charge is 0.306 e. The summed E-state index contributed by atoms with van der Waals surface area (Å²) in [4.78, 5) is 2.09. The van der Waals surface area contributed by atoms with Crippen LogP contribution in [0.3, 0.4) is 0 Å². The number of nitrogens with one attached hydrogen (secondary N) is 1. The van der Waals surface area contributed by atoms with Crippen LogP contribution in [0, 0.1) is 11.3 Å². The van der Waals surface area contributed by atoms with Crippen molar-refractivity contribution in [2.45, 2.75) is 22.6 Å². The lowest BCUT2D eigenvalue weighted by Crippen LogP contribution is -2.53. The van der Waals surface area contributed by atoms with Gasteiger partial charge in [0.25, 0.3) is 10.0 Å². The Hall–Kier alpha value is -0.460. The summed E-state index contributed by atoms with van der Waals surface area (Å²) >= 11 is 4.35. The van der Waals surface area contributed by atoms with Gasteiger partial charge in [0, 0.05) is 17.6 Å². The van der Waals surface area contributed by atoms with Crippen LogP contribution in [-0.4, -0.2) is 39.0 Å². The highest BCUT2D eigenvalue weighted by atomic mass is 79.9. The summed E-state index contributed by atoms with van der Waals surface area (Å²) in [6.45, 7) is 1.42. The van der Waals surface area contributed by atoms with Crippen molar-refractivity contribution < 1.29 is 8.42 Å². The predicted octanol–water partition coefficient (Wildman–Crippen LogP) is 1.78. The molecule has 0 bridgehead atoms. The van der Waals surface area contributed by atoms with E-state index < -0.39 is 15.6 Å². The van der Waals surface area contributed by atoms with E-state index in [-0.39, 0.29) is 4.21 Å². The van der Waals surface area contributed by atoms with Crippen molar-refractivity contribution in [1.29, 1.82) is 5.26 Å². The van der Waals surface area contributed by atoms with Crippen LogP contribution in [0.2, 0.25) is 0 Å². The first kappa shape index (κ1) is 14.9. The molecule has 8 heteroatoms. The molecule has 0 atom stereocenters. The highest BCUT2D eigenvalue weighted by Crippen LogP contribution is 2.30. The monoisotopic (exact) mass is 363 g/mol. The van der Waals surface area contributed by atoms with E-state index >= 15 is 0 Å². The Bertz CT molecular complexity index is 598. The van der Waals surface area contributed by atoms with E-state index in [1.807, 2.05) is 7.05 Å². The molecule has 0 amide bonds. The Kier molecular flexibility index (Phi) is 4.32. The summed E-state index contributed by atoms with van der Waals surface area (Å²) in [5, 5.41) is 11.1. The van der Waals surface area contributed by atoms with Gasteiger partial charge >= 0.3 is 0 Å². The number of rotatable bonds is 3. The second-order valence-electron chi connectivity index (χ2n) is 4.66. The first-order chi connectivity index (χ1) is 8.88. The fourth-order valence-corrected chi connectivity index (χ4v) is 5.73. The molecule has 2 rings (SSSR count). The van der Waals surface area contributed by atoms with Gasteiger partial charge in [0.2, 0.25) is 0 Å². The molecule has 1 fully saturated rings. The Morgan fingerprint density at radius 3 is 2.63 bits per heavy atom. The topological polar surface area (TPSA) is 73.2 Å². The molecule has 1 aliphatic rings. The van der Waals surface area contributed by atoms with E-state index in [0.29, 0.717) is 30.4 Å². The summed E-state index contributed by atoms with van der Waals surface area (Å²) in [5.41, 5.74) is -0.991. The average molecular weight is 364 g/mol. The fraction of sp³-hybridized carbons (Fsp3) is 0.545. The maximum Gasteiger partial charge on any atom is 0.252 e. The molecular weight excluding hydrogens is 350 g/mol. The molecule has 1 saturated heterocycles. The molecular formula is C11H14BrN3O2S2. The molecule has 2 heterocycles. The number of thiophene rings is 1. The summed E-state index contributed by atoms with van der Waals surface area (Å²) < 4.78 is 28.0. The zero-order valence-corrected chi connectivity index (χ0v) is 13.6. The molecule has 0 spiro atoms. The zero-order chi connectivity index (χ0) is 14.1. The molecule has 104 valence electrons. The van der Waals surface area contributed by atoms with Gasteiger partial charge in [-0.15, -0.1) is 11.3 Å². The zero-order valence-electron chi connectivity index (χ0n) is 10.4. The molecule has 0 radical (unpaired) electrons. The van der Waals surface area contributed by atoms with Crippen LogP contribution in [0.4, 0.5) is 0 Å². The van der Waals surface area contributed by atoms with Gasteiger partial charge in [0.05, 0.1) is 6.07 Å². The Labute approximate surface area is 125 Å². The fourth-order valence-electron chi connectivity index (χ4n) is 2.01. The Morgan fingerprint density at radius 1 is 1.53 bits per heavy atom. The van der Waals surface area contributed by atoms with E-state index in [2.05, 4.69) is 31.6 Å². The molecule has 5 nitrogen and oxygen atoms in total. The third-order valence-corrected chi connectivity index (χ3v) is 7.42. The van der Waals surface area contributed by atoms with Crippen molar-refractivity contribution in [3.8, 4) is 6.07 Å². The SMILES string of the molecule is CN1CCC(C#N)(NS(=O)(=O)c2sccc2Br)CC1. The van der Waals surface area contributed by atoms with E-state index in [0.717, 1.165) is 11.3 Å². The van der Waals surface area contributed by atoms with Crippen molar-refractivity contribution in [2.24, 2.45) is 0 Å². The van der Waals surface area contributed by atoms with Crippen LogP contribution in [-0.2, 0) is 10.0 Å². The minimum absolute atomic E-state index is 0.223. The lowest BCUT2D eigenvalue weighted by molar-refractivity contribution is 0.213. The van der Waals surface area contributed by atoms with Gasteiger partial charge < -0.3 is 4.90 Å². The van der Waals surface area contributed by atoms with Crippen molar-refractivity contribution >= 4 is 37.3 Å². The highest BCUT2D eigenvalue weighted by Gasteiger charge is 2.38.